The van der Waals surface area contributed by atoms with Gasteiger partial charge in [0.15, 0.2) is 11.0 Å². The number of hydroxylamine groups is 4. The molecule has 0 bridgehead atoms. The molecule has 38 heavy (non-hydrogen) atoms. The number of nitrogens with zero attached hydrogens (tertiary/aromatic N) is 4. The van der Waals surface area contributed by atoms with Crippen LogP contribution in [0.5, 0.6) is 0 Å². The zero-order chi connectivity index (χ0) is 26.2. The molecule has 2 saturated heterocycles. The van der Waals surface area contributed by atoms with Gasteiger partial charge in [0.25, 0.3) is 0 Å². The second-order valence-corrected chi connectivity index (χ2v) is 12.0. The number of hydrogen-bond acceptors (Lipinski definition) is 12. The summed E-state index contributed by atoms with van der Waals surface area (Å²) in [6.45, 7) is 3.60. The number of rotatable bonds is 6. The van der Waals surface area contributed by atoms with E-state index in [1.807, 2.05) is 24.3 Å². The van der Waals surface area contributed by atoms with Gasteiger partial charge >= 0.3 is 11.9 Å². The van der Waals surface area contributed by atoms with E-state index in [-0.39, 0.29) is 23.1 Å². The van der Waals surface area contributed by atoms with E-state index in [2.05, 4.69) is 44.7 Å². The SMILES string of the molecule is CN(OC(=O)C(=O)ON(C)C1Sc2ccccc2N1C1CCNC1)C1Sc2ccccc2N1C1CCNC1. The Hall–Kier alpha value is -2.48. The summed E-state index contributed by atoms with van der Waals surface area (Å²) in [5, 5.41) is 9.74. The van der Waals surface area contributed by atoms with E-state index in [1.165, 1.54) is 10.1 Å². The number of para-hydroxylation sites is 2. The molecule has 202 valence electrons. The summed E-state index contributed by atoms with van der Waals surface area (Å²) in [5.41, 5.74) is 1.66. The van der Waals surface area contributed by atoms with Crippen molar-refractivity contribution in [1.82, 2.24) is 20.8 Å². The zero-order valence-electron chi connectivity index (χ0n) is 21.4. The molecule has 4 aliphatic heterocycles. The average molecular weight is 557 g/mol. The van der Waals surface area contributed by atoms with E-state index in [9.17, 15) is 9.59 Å². The molecule has 4 heterocycles. The zero-order valence-corrected chi connectivity index (χ0v) is 23.0. The number of thioether (sulfide) groups is 2. The Morgan fingerprint density at radius 3 is 1.58 bits per heavy atom. The molecule has 2 fully saturated rings. The van der Waals surface area contributed by atoms with Crippen molar-refractivity contribution in [3.05, 3.63) is 48.5 Å². The number of benzene rings is 2. The molecular weight excluding hydrogens is 524 g/mol. The Labute approximate surface area is 230 Å². The fourth-order valence-electron chi connectivity index (χ4n) is 5.55. The lowest BCUT2D eigenvalue weighted by atomic mass is 10.2. The first-order chi connectivity index (χ1) is 18.5. The van der Waals surface area contributed by atoms with Gasteiger partial charge in [-0.05, 0) is 50.2 Å². The maximum Gasteiger partial charge on any atom is 0.438 e. The maximum absolute atomic E-state index is 12.9. The summed E-state index contributed by atoms with van der Waals surface area (Å²) >= 11 is 3.21. The molecule has 12 heteroatoms. The third kappa shape index (κ3) is 4.85. The van der Waals surface area contributed by atoms with Gasteiger partial charge in [-0.1, -0.05) is 47.8 Å². The van der Waals surface area contributed by atoms with Gasteiger partial charge in [0.1, 0.15) is 0 Å². The van der Waals surface area contributed by atoms with Crippen molar-refractivity contribution in [3.63, 3.8) is 0 Å². The highest BCUT2D eigenvalue weighted by Crippen LogP contribution is 2.47. The first-order valence-corrected chi connectivity index (χ1v) is 14.7. The third-order valence-electron chi connectivity index (χ3n) is 7.33. The fourth-order valence-corrected chi connectivity index (χ4v) is 8.09. The van der Waals surface area contributed by atoms with E-state index in [1.54, 1.807) is 37.6 Å². The second-order valence-electron chi connectivity index (χ2n) is 9.78. The van der Waals surface area contributed by atoms with Gasteiger partial charge in [-0.25, -0.2) is 9.59 Å². The molecule has 2 aromatic carbocycles. The summed E-state index contributed by atoms with van der Waals surface area (Å²) in [6, 6.07) is 16.9. The average Bonchev–Trinajstić information content (AvgIpc) is 3.72. The Morgan fingerprint density at radius 1 is 0.763 bits per heavy atom. The second kappa shape index (κ2) is 10.9. The van der Waals surface area contributed by atoms with Crippen molar-refractivity contribution in [2.75, 3.05) is 50.1 Å². The van der Waals surface area contributed by atoms with Crippen molar-refractivity contribution >= 4 is 46.8 Å². The molecule has 0 amide bonds. The van der Waals surface area contributed by atoms with Gasteiger partial charge in [0, 0.05) is 49.1 Å². The summed E-state index contributed by atoms with van der Waals surface area (Å²) in [4.78, 5) is 43.6. The number of anilines is 2. The topological polar surface area (TPSA) is 89.6 Å². The van der Waals surface area contributed by atoms with E-state index in [0.717, 1.165) is 60.2 Å². The highest BCUT2D eigenvalue weighted by molar-refractivity contribution is 8.00. The number of carbonyl (C=O) groups excluding carboxylic acids is 2. The molecule has 4 atom stereocenters. The van der Waals surface area contributed by atoms with Crippen LogP contribution in [-0.4, -0.2) is 85.4 Å². The molecule has 4 aliphatic rings. The molecule has 10 nitrogen and oxygen atoms in total. The summed E-state index contributed by atoms with van der Waals surface area (Å²) in [5.74, 6) is -2.09. The fraction of sp³-hybridized carbons (Fsp3) is 0.462. The lowest BCUT2D eigenvalue weighted by Crippen LogP contribution is -2.51. The van der Waals surface area contributed by atoms with Crippen LogP contribution in [0.2, 0.25) is 0 Å². The minimum absolute atomic E-state index is 0.271. The quantitative estimate of drug-likeness (QED) is 0.404. The lowest BCUT2D eigenvalue weighted by Gasteiger charge is -2.36. The third-order valence-corrected chi connectivity index (χ3v) is 9.99. The number of carbonyl (C=O) groups is 2. The van der Waals surface area contributed by atoms with Gasteiger partial charge in [-0.3, -0.25) is 0 Å². The van der Waals surface area contributed by atoms with Crippen molar-refractivity contribution in [3.8, 4) is 0 Å². The highest BCUT2D eigenvalue weighted by atomic mass is 32.2. The van der Waals surface area contributed by atoms with Gasteiger partial charge in [-0.15, -0.1) is 10.1 Å². The molecule has 0 spiro atoms. The van der Waals surface area contributed by atoms with Crippen molar-refractivity contribution in [2.24, 2.45) is 0 Å². The van der Waals surface area contributed by atoms with E-state index < -0.39 is 11.9 Å². The van der Waals surface area contributed by atoms with Crippen LogP contribution < -0.4 is 20.4 Å². The maximum atomic E-state index is 12.9. The van der Waals surface area contributed by atoms with Crippen LogP contribution in [0.4, 0.5) is 11.4 Å². The van der Waals surface area contributed by atoms with E-state index >= 15 is 0 Å². The molecule has 6 rings (SSSR count). The standard InChI is InChI=1S/C26H32N6O4S2/c1-29(25-31(17-11-13-27-15-17)19-7-3-5-9-21(19)37-25)35-23(33)24(34)36-30(2)26-32(18-12-14-28-16-18)20-8-4-6-10-22(20)38-26/h3-10,17-18,25-28H,11-16H2,1-2H3. The predicted molar refractivity (Wildman–Crippen MR) is 147 cm³/mol. The largest absolute Gasteiger partial charge is 0.438 e. The van der Waals surface area contributed by atoms with Crippen LogP contribution in [0.3, 0.4) is 0 Å². The van der Waals surface area contributed by atoms with Gasteiger partial charge < -0.3 is 30.1 Å². The van der Waals surface area contributed by atoms with Crippen LogP contribution in [0.15, 0.2) is 58.3 Å². The molecule has 0 saturated carbocycles. The summed E-state index contributed by atoms with van der Waals surface area (Å²) in [7, 11) is 3.37. The molecule has 0 aromatic heterocycles. The molecule has 0 radical (unpaired) electrons. The minimum atomic E-state index is -1.05. The lowest BCUT2D eigenvalue weighted by molar-refractivity contribution is -0.214. The molecule has 2 N–H and O–H groups in total. The van der Waals surface area contributed by atoms with Crippen LogP contribution in [0.25, 0.3) is 0 Å². The monoisotopic (exact) mass is 556 g/mol. The van der Waals surface area contributed by atoms with E-state index in [4.69, 9.17) is 9.68 Å². The Morgan fingerprint density at radius 2 is 1.18 bits per heavy atom. The molecule has 4 unspecified atom stereocenters. The van der Waals surface area contributed by atoms with Crippen molar-refractivity contribution in [2.45, 2.75) is 45.7 Å². The van der Waals surface area contributed by atoms with Gasteiger partial charge in [0.2, 0.25) is 0 Å². The molecule has 0 aliphatic carbocycles. The van der Waals surface area contributed by atoms with Crippen LogP contribution in [0, 0.1) is 0 Å². The smallest absolute Gasteiger partial charge is 0.356 e. The number of nitrogens with one attached hydrogen (secondary N) is 2. The normalized spacial score (nSPS) is 26.2. The summed E-state index contributed by atoms with van der Waals surface area (Å²) in [6.07, 6.45) is 1.99. The van der Waals surface area contributed by atoms with Crippen LogP contribution in [0.1, 0.15) is 12.8 Å². The van der Waals surface area contributed by atoms with Gasteiger partial charge in [0.05, 0.1) is 11.4 Å². The van der Waals surface area contributed by atoms with Crippen LogP contribution in [-0.2, 0) is 19.3 Å². The Kier molecular flexibility index (Phi) is 7.43. The van der Waals surface area contributed by atoms with Crippen molar-refractivity contribution in [1.29, 1.82) is 0 Å². The van der Waals surface area contributed by atoms with E-state index in [0.29, 0.717) is 0 Å². The van der Waals surface area contributed by atoms with Crippen molar-refractivity contribution < 1.29 is 19.3 Å². The predicted octanol–water partition coefficient (Wildman–Crippen LogP) is 2.28. The first-order valence-electron chi connectivity index (χ1n) is 12.9. The minimum Gasteiger partial charge on any atom is -0.356 e. The first kappa shape index (κ1) is 25.8. The highest BCUT2D eigenvalue weighted by Gasteiger charge is 2.42. The van der Waals surface area contributed by atoms with Crippen LogP contribution >= 0.6 is 23.5 Å². The molecular formula is C26H32N6O4S2. The molecule has 2 aromatic rings. The summed E-state index contributed by atoms with van der Waals surface area (Å²) < 4.78 is 0. The number of fused-ring (bicyclic) bond motifs is 2. The Balaban J connectivity index is 1.11. The van der Waals surface area contributed by atoms with Gasteiger partial charge in [-0.2, -0.15) is 0 Å². The Bertz CT molecular complexity index is 1100. The number of hydrogen-bond donors (Lipinski definition) is 2.